The monoisotopic (exact) mass is 364 g/mol. The summed E-state index contributed by atoms with van der Waals surface area (Å²) < 4.78 is 13.6. The molecule has 0 unspecified atom stereocenters. The van der Waals surface area contributed by atoms with Crippen LogP contribution in [0.2, 0.25) is 0 Å². The van der Waals surface area contributed by atoms with E-state index in [0.717, 1.165) is 11.3 Å². The Morgan fingerprint density at radius 1 is 1.04 bits per heavy atom. The third kappa shape index (κ3) is 5.10. The Kier molecular flexibility index (Phi) is 5.76. The van der Waals surface area contributed by atoms with Gasteiger partial charge in [0.05, 0.1) is 0 Å². The van der Waals surface area contributed by atoms with E-state index in [0.29, 0.717) is 30.2 Å². The van der Waals surface area contributed by atoms with Crippen LogP contribution in [0.3, 0.4) is 0 Å². The summed E-state index contributed by atoms with van der Waals surface area (Å²) >= 11 is 0. The van der Waals surface area contributed by atoms with Crippen molar-refractivity contribution < 1.29 is 9.18 Å². The number of anilines is 2. The van der Waals surface area contributed by atoms with Crippen molar-refractivity contribution in [3.8, 4) is 0 Å². The largest absolute Gasteiger partial charge is 0.350 e. The first-order valence-electron chi connectivity index (χ1n) is 8.72. The van der Waals surface area contributed by atoms with Gasteiger partial charge in [0.1, 0.15) is 11.5 Å². The lowest BCUT2D eigenvalue weighted by Crippen LogP contribution is -2.27. The summed E-state index contributed by atoms with van der Waals surface area (Å²) in [4.78, 5) is 21.0. The zero-order valence-corrected chi connectivity index (χ0v) is 15.3. The minimum Gasteiger partial charge on any atom is -0.350 e. The van der Waals surface area contributed by atoms with Gasteiger partial charge in [-0.1, -0.05) is 30.3 Å². The minimum atomic E-state index is -0.316. The summed E-state index contributed by atoms with van der Waals surface area (Å²) in [6.07, 6.45) is 0.414. The summed E-state index contributed by atoms with van der Waals surface area (Å²) in [7, 11) is 0. The number of amides is 1. The first kappa shape index (κ1) is 18.5. The zero-order chi connectivity index (χ0) is 19.2. The molecule has 0 aliphatic rings. The third-order valence-electron chi connectivity index (χ3n) is 4.00. The van der Waals surface area contributed by atoms with Crippen LogP contribution in [-0.2, 0) is 6.42 Å². The Labute approximate surface area is 157 Å². The highest BCUT2D eigenvalue weighted by Gasteiger charge is 2.11. The Balaban J connectivity index is 1.66. The van der Waals surface area contributed by atoms with E-state index in [-0.39, 0.29) is 17.4 Å². The van der Waals surface area contributed by atoms with Crippen molar-refractivity contribution in [2.75, 3.05) is 11.9 Å². The van der Waals surface area contributed by atoms with Gasteiger partial charge in [-0.05, 0) is 55.7 Å². The summed E-state index contributed by atoms with van der Waals surface area (Å²) in [5.41, 5.74) is 3.48. The molecule has 2 N–H and O–H groups in total. The number of nitrogens with one attached hydrogen (secondary N) is 2. The molecule has 27 heavy (non-hydrogen) atoms. The van der Waals surface area contributed by atoms with Crippen LogP contribution in [0.1, 0.15) is 27.3 Å². The van der Waals surface area contributed by atoms with E-state index in [9.17, 15) is 9.18 Å². The number of rotatable bonds is 6. The first-order valence-corrected chi connectivity index (χ1v) is 8.72. The standard InChI is InChI=1S/C21H21FN4O/c1-14-6-5-8-17(12-14)25-21-24-15(2)13-19(26-21)20(27)23-11-10-16-7-3-4-9-18(16)22/h3-9,12-13H,10-11H2,1-2H3,(H,23,27)(H,24,25,26). The molecule has 0 bridgehead atoms. The quantitative estimate of drug-likeness (QED) is 0.695. The predicted molar refractivity (Wildman–Crippen MR) is 104 cm³/mol. The van der Waals surface area contributed by atoms with Crippen LogP contribution in [0, 0.1) is 19.7 Å². The normalized spacial score (nSPS) is 10.5. The predicted octanol–water partition coefficient (Wildman–Crippen LogP) is 3.95. The SMILES string of the molecule is Cc1cccc(Nc2nc(C)cc(C(=O)NCCc3ccccc3F)n2)c1. The van der Waals surface area contributed by atoms with Crippen LogP contribution >= 0.6 is 0 Å². The Morgan fingerprint density at radius 2 is 1.85 bits per heavy atom. The van der Waals surface area contributed by atoms with Crippen molar-refractivity contribution in [2.24, 2.45) is 0 Å². The molecule has 3 rings (SSSR count). The van der Waals surface area contributed by atoms with Crippen molar-refractivity contribution in [3.05, 3.63) is 82.9 Å². The molecule has 1 amide bonds. The van der Waals surface area contributed by atoms with E-state index in [1.807, 2.05) is 31.2 Å². The number of halogens is 1. The molecule has 3 aromatic rings. The molecule has 0 saturated heterocycles. The molecular weight excluding hydrogens is 343 g/mol. The van der Waals surface area contributed by atoms with Crippen molar-refractivity contribution in [2.45, 2.75) is 20.3 Å². The average molecular weight is 364 g/mol. The van der Waals surface area contributed by atoms with E-state index in [4.69, 9.17) is 0 Å². The molecule has 5 nitrogen and oxygen atoms in total. The van der Waals surface area contributed by atoms with Crippen LogP contribution in [0.15, 0.2) is 54.6 Å². The number of hydrogen-bond donors (Lipinski definition) is 2. The molecule has 0 aliphatic heterocycles. The fourth-order valence-electron chi connectivity index (χ4n) is 2.70. The second-order valence-corrected chi connectivity index (χ2v) is 6.31. The topological polar surface area (TPSA) is 66.9 Å². The zero-order valence-electron chi connectivity index (χ0n) is 15.3. The van der Waals surface area contributed by atoms with Crippen molar-refractivity contribution >= 4 is 17.5 Å². The van der Waals surface area contributed by atoms with Crippen molar-refractivity contribution in [1.82, 2.24) is 15.3 Å². The van der Waals surface area contributed by atoms with Gasteiger partial charge in [0.2, 0.25) is 5.95 Å². The molecular formula is C21H21FN4O. The Morgan fingerprint density at radius 3 is 2.63 bits per heavy atom. The van der Waals surface area contributed by atoms with Crippen molar-refractivity contribution in [1.29, 1.82) is 0 Å². The molecule has 0 atom stereocenters. The van der Waals surface area contributed by atoms with E-state index in [1.54, 1.807) is 31.2 Å². The molecule has 138 valence electrons. The lowest BCUT2D eigenvalue weighted by atomic mass is 10.1. The van der Waals surface area contributed by atoms with E-state index in [1.165, 1.54) is 6.07 Å². The van der Waals surface area contributed by atoms with E-state index < -0.39 is 0 Å². The fourth-order valence-corrected chi connectivity index (χ4v) is 2.70. The van der Waals surface area contributed by atoms with Gasteiger partial charge in [0.25, 0.3) is 5.91 Å². The Bertz CT molecular complexity index is 958. The smallest absolute Gasteiger partial charge is 0.270 e. The molecule has 6 heteroatoms. The molecule has 0 saturated carbocycles. The maximum atomic E-state index is 13.6. The first-order chi connectivity index (χ1) is 13.0. The lowest BCUT2D eigenvalue weighted by Gasteiger charge is -2.09. The minimum absolute atomic E-state index is 0.269. The summed E-state index contributed by atoms with van der Waals surface area (Å²) in [5.74, 6) is -0.224. The number of carbonyl (C=O) groups excluding carboxylic acids is 1. The highest BCUT2D eigenvalue weighted by atomic mass is 19.1. The fraction of sp³-hybridized carbons (Fsp3) is 0.190. The third-order valence-corrected chi connectivity index (χ3v) is 4.00. The van der Waals surface area contributed by atoms with Crippen LogP contribution in [0.25, 0.3) is 0 Å². The highest BCUT2D eigenvalue weighted by molar-refractivity contribution is 5.92. The van der Waals surface area contributed by atoms with Crippen LogP contribution < -0.4 is 10.6 Å². The van der Waals surface area contributed by atoms with Gasteiger partial charge >= 0.3 is 0 Å². The van der Waals surface area contributed by atoms with Gasteiger partial charge in [-0.25, -0.2) is 14.4 Å². The molecule has 0 fully saturated rings. The van der Waals surface area contributed by atoms with Gasteiger partial charge in [-0.2, -0.15) is 0 Å². The number of benzene rings is 2. The summed E-state index contributed by atoms with van der Waals surface area (Å²) in [5, 5.41) is 5.90. The van der Waals surface area contributed by atoms with Gasteiger partial charge in [-0.3, -0.25) is 4.79 Å². The highest BCUT2D eigenvalue weighted by Crippen LogP contribution is 2.15. The van der Waals surface area contributed by atoms with Gasteiger partial charge in [0.15, 0.2) is 0 Å². The maximum Gasteiger partial charge on any atom is 0.270 e. The lowest BCUT2D eigenvalue weighted by molar-refractivity contribution is 0.0949. The van der Waals surface area contributed by atoms with Gasteiger partial charge < -0.3 is 10.6 Å². The summed E-state index contributed by atoms with van der Waals surface area (Å²) in [6.45, 7) is 4.12. The summed E-state index contributed by atoms with van der Waals surface area (Å²) in [6, 6.07) is 16.0. The number of aryl methyl sites for hydroxylation is 2. The van der Waals surface area contributed by atoms with Crippen LogP contribution in [-0.4, -0.2) is 22.4 Å². The second-order valence-electron chi connectivity index (χ2n) is 6.31. The van der Waals surface area contributed by atoms with Crippen LogP contribution in [0.4, 0.5) is 16.0 Å². The molecule has 2 aromatic carbocycles. The van der Waals surface area contributed by atoms with Crippen molar-refractivity contribution in [3.63, 3.8) is 0 Å². The number of nitrogens with zero attached hydrogens (tertiary/aromatic N) is 2. The van der Waals surface area contributed by atoms with Gasteiger partial charge in [-0.15, -0.1) is 0 Å². The number of aromatic nitrogens is 2. The van der Waals surface area contributed by atoms with E-state index >= 15 is 0 Å². The number of carbonyl (C=O) groups is 1. The molecule has 1 aromatic heterocycles. The molecule has 0 aliphatic carbocycles. The van der Waals surface area contributed by atoms with E-state index in [2.05, 4.69) is 20.6 Å². The average Bonchev–Trinajstić information content (AvgIpc) is 2.63. The molecule has 0 spiro atoms. The van der Waals surface area contributed by atoms with Gasteiger partial charge in [0, 0.05) is 17.9 Å². The Hall–Kier alpha value is -3.28. The van der Waals surface area contributed by atoms with Crippen LogP contribution in [0.5, 0.6) is 0 Å². The second kappa shape index (κ2) is 8.40. The molecule has 0 radical (unpaired) electrons. The maximum absolute atomic E-state index is 13.6. The molecule has 1 heterocycles. The number of hydrogen-bond acceptors (Lipinski definition) is 4.